The fraction of sp³-hybridized carbons (Fsp3) is 0.462. The summed E-state index contributed by atoms with van der Waals surface area (Å²) in [5, 5.41) is 12.1. The largest absolute Gasteiger partial charge is 0.411 e. The Labute approximate surface area is 106 Å². The van der Waals surface area contributed by atoms with Crippen molar-refractivity contribution in [3.05, 3.63) is 29.6 Å². The van der Waals surface area contributed by atoms with Crippen LogP contribution in [0.4, 0.5) is 0 Å². The third kappa shape index (κ3) is 2.34. The van der Waals surface area contributed by atoms with E-state index in [4.69, 9.17) is 5.21 Å². The number of nitrogens with zero attached hydrogens (tertiary/aromatic N) is 3. The molecule has 1 aliphatic rings. The van der Waals surface area contributed by atoms with Crippen molar-refractivity contribution in [2.45, 2.75) is 20.3 Å². The summed E-state index contributed by atoms with van der Waals surface area (Å²) in [6.07, 6.45) is 2.31. The summed E-state index contributed by atoms with van der Waals surface area (Å²) in [5.41, 5.74) is 2.16. The van der Waals surface area contributed by atoms with Crippen molar-refractivity contribution in [1.29, 1.82) is 0 Å². The van der Waals surface area contributed by atoms with Crippen molar-refractivity contribution < 1.29 is 10.0 Å². The number of pyridine rings is 1. The molecule has 2 rings (SSSR count). The molecule has 1 aromatic rings. The molecule has 0 saturated carbocycles. The molecular formula is C13H17N3O2. The van der Waals surface area contributed by atoms with Crippen LogP contribution in [0.25, 0.3) is 0 Å². The number of piperidine rings is 1. The quantitative estimate of drug-likeness (QED) is 0.606. The SMILES string of the molecule is Cc1ncccc1C(=O)N1CC/C(=N\O)C(C)C1. The summed E-state index contributed by atoms with van der Waals surface area (Å²) in [5.74, 6) is 0.106. The van der Waals surface area contributed by atoms with Crippen molar-refractivity contribution in [3.8, 4) is 0 Å². The minimum atomic E-state index is 0.00411. The molecule has 1 unspecified atom stereocenters. The zero-order valence-electron chi connectivity index (χ0n) is 10.6. The topological polar surface area (TPSA) is 65.8 Å². The lowest BCUT2D eigenvalue weighted by Gasteiger charge is -2.31. The first-order chi connectivity index (χ1) is 8.63. The molecule has 2 heterocycles. The molecule has 0 spiro atoms. The van der Waals surface area contributed by atoms with Gasteiger partial charge in [-0.15, -0.1) is 0 Å². The van der Waals surface area contributed by atoms with Crippen LogP contribution in [0.3, 0.4) is 0 Å². The maximum Gasteiger partial charge on any atom is 0.255 e. The summed E-state index contributed by atoms with van der Waals surface area (Å²) in [4.78, 5) is 18.3. The standard InChI is InChI=1S/C13H17N3O2/c1-9-8-16(7-5-12(9)15-18)13(17)11-4-3-6-14-10(11)2/h3-4,6,9,18H,5,7-8H2,1-2H3/b15-12+. The summed E-state index contributed by atoms with van der Waals surface area (Å²) in [6, 6.07) is 3.57. The fourth-order valence-electron chi connectivity index (χ4n) is 2.24. The van der Waals surface area contributed by atoms with Gasteiger partial charge in [-0.05, 0) is 19.1 Å². The number of aromatic nitrogens is 1. The Morgan fingerprint density at radius 2 is 2.39 bits per heavy atom. The van der Waals surface area contributed by atoms with Crippen LogP contribution in [0, 0.1) is 12.8 Å². The molecule has 0 aliphatic carbocycles. The zero-order chi connectivity index (χ0) is 13.1. The Morgan fingerprint density at radius 3 is 3.00 bits per heavy atom. The summed E-state index contributed by atoms with van der Waals surface area (Å²) in [6.45, 7) is 4.98. The Morgan fingerprint density at radius 1 is 1.61 bits per heavy atom. The predicted molar refractivity (Wildman–Crippen MR) is 67.9 cm³/mol. The summed E-state index contributed by atoms with van der Waals surface area (Å²) >= 11 is 0. The van der Waals surface area contributed by atoms with Crippen molar-refractivity contribution in [2.24, 2.45) is 11.1 Å². The molecule has 0 radical (unpaired) electrons. The number of amides is 1. The second kappa shape index (κ2) is 5.16. The number of likely N-dealkylation sites (tertiary alicyclic amines) is 1. The molecule has 0 bridgehead atoms. The Hall–Kier alpha value is -1.91. The van der Waals surface area contributed by atoms with E-state index in [1.807, 2.05) is 13.8 Å². The molecule has 1 fully saturated rings. The number of hydrogen-bond acceptors (Lipinski definition) is 4. The van der Waals surface area contributed by atoms with Crippen LogP contribution < -0.4 is 0 Å². The highest BCUT2D eigenvalue weighted by Gasteiger charge is 2.27. The highest BCUT2D eigenvalue weighted by atomic mass is 16.4. The van der Waals surface area contributed by atoms with E-state index in [1.54, 1.807) is 23.2 Å². The van der Waals surface area contributed by atoms with Crippen LogP contribution in [-0.4, -0.2) is 39.8 Å². The molecule has 1 amide bonds. The van der Waals surface area contributed by atoms with E-state index in [0.717, 1.165) is 11.4 Å². The average Bonchev–Trinajstić information content (AvgIpc) is 2.38. The second-order valence-electron chi connectivity index (χ2n) is 4.63. The van der Waals surface area contributed by atoms with Gasteiger partial charge < -0.3 is 10.1 Å². The lowest BCUT2D eigenvalue weighted by atomic mass is 9.97. The molecule has 1 aromatic heterocycles. The van der Waals surface area contributed by atoms with Gasteiger partial charge in [-0.1, -0.05) is 12.1 Å². The van der Waals surface area contributed by atoms with Crippen LogP contribution in [-0.2, 0) is 0 Å². The van der Waals surface area contributed by atoms with E-state index in [-0.39, 0.29) is 11.8 Å². The smallest absolute Gasteiger partial charge is 0.255 e. The highest BCUT2D eigenvalue weighted by molar-refractivity contribution is 5.97. The molecular weight excluding hydrogens is 230 g/mol. The monoisotopic (exact) mass is 247 g/mol. The molecule has 0 aromatic carbocycles. The van der Waals surface area contributed by atoms with Crippen molar-refractivity contribution in [2.75, 3.05) is 13.1 Å². The minimum Gasteiger partial charge on any atom is -0.411 e. The van der Waals surface area contributed by atoms with Gasteiger partial charge in [0.25, 0.3) is 5.91 Å². The molecule has 1 N–H and O–H groups in total. The highest BCUT2D eigenvalue weighted by Crippen LogP contribution is 2.17. The Kier molecular flexibility index (Phi) is 3.60. The molecule has 1 atom stereocenters. The van der Waals surface area contributed by atoms with Gasteiger partial charge in [0.05, 0.1) is 11.3 Å². The van der Waals surface area contributed by atoms with Crippen LogP contribution in [0.2, 0.25) is 0 Å². The van der Waals surface area contributed by atoms with Crippen molar-refractivity contribution in [3.63, 3.8) is 0 Å². The normalized spacial score (nSPS) is 22.2. The molecule has 18 heavy (non-hydrogen) atoms. The van der Waals surface area contributed by atoms with E-state index in [0.29, 0.717) is 25.1 Å². The average molecular weight is 247 g/mol. The number of aryl methyl sites for hydroxylation is 1. The van der Waals surface area contributed by atoms with Crippen LogP contribution in [0.1, 0.15) is 29.4 Å². The molecule has 96 valence electrons. The maximum absolute atomic E-state index is 12.3. The maximum atomic E-state index is 12.3. The van der Waals surface area contributed by atoms with Gasteiger partial charge in [-0.25, -0.2) is 0 Å². The van der Waals surface area contributed by atoms with Crippen molar-refractivity contribution >= 4 is 11.6 Å². The fourth-order valence-corrected chi connectivity index (χ4v) is 2.24. The Bertz CT molecular complexity index is 485. The first-order valence-electron chi connectivity index (χ1n) is 6.05. The van der Waals surface area contributed by atoms with E-state index >= 15 is 0 Å². The lowest BCUT2D eigenvalue weighted by molar-refractivity contribution is 0.0732. The van der Waals surface area contributed by atoms with Gasteiger partial charge in [-0.2, -0.15) is 0 Å². The first-order valence-corrected chi connectivity index (χ1v) is 6.05. The Balaban J connectivity index is 2.15. The van der Waals surface area contributed by atoms with Gasteiger partial charge in [0.2, 0.25) is 0 Å². The third-order valence-corrected chi connectivity index (χ3v) is 3.35. The minimum absolute atomic E-state index is 0.00411. The van der Waals surface area contributed by atoms with Gasteiger partial charge in [0.1, 0.15) is 0 Å². The number of carbonyl (C=O) groups excluding carboxylic acids is 1. The van der Waals surface area contributed by atoms with Gasteiger partial charge in [-0.3, -0.25) is 9.78 Å². The summed E-state index contributed by atoms with van der Waals surface area (Å²) in [7, 11) is 0. The van der Waals surface area contributed by atoms with E-state index in [1.165, 1.54) is 0 Å². The van der Waals surface area contributed by atoms with Gasteiger partial charge in [0.15, 0.2) is 0 Å². The predicted octanol–water partition coefficient (Wildman–Crippen LogP) is 1.70. The van der Waals surface area contributed by atoms with E-state index in [2.05, 4.69) is 10.1 Å². The number of hydrogen-bond donors (Lipinski definition) is 1. The first kappa shape index (κ1) is 12.5. The molecule has 1 saturated heterocycles. The third-order valence-electron chi connectivity index (χ3n) is 3.35. The van der Waals surface area contributed by atoms with Crippen LogP contribution in [0.15, 0.2) is 23.5 Å². The number of carbonyl (C=O) groups is 1. The summed E-state index contributed by atoms with van der Waals surface area (Å²) < 4.78 is 0. The molecule has 5 nitrogen and oxygen atoms in total. The van der Waals surface area contributed by atoms with E-state index < -0.39 is 0 Å². The number of rotatable bonds is 1. The second-order valence-corrected chi connectivity index (χ2v) is 4.63. The van der Waals surface area contributed by atoms with Crippen LogP contribution >= 0.6 is 0 Å². The zero-order valence-corrected chi connectivity index (χ0v) is 10.6. The number of oxime groups is 1. The lowest BCUT2D eigenvalue weighted by Crippen LogP contribution is -2.43. The van der Waals surface area contributed by atoms with Crippen LogP contribution in [0.5, 0.6) is 0 Å². The molecule has 1 aliphatic heterocycles. The molecule has 5 heteroatoms. The van der Waals surface area contributed by atoms with Crippen molar-refractivity contribution in [1.82, 2.24) is 9.88 Å². The van der Waals surface area contributed by atoms with E-state index in [9.17, 15) is 4.79 Å². The van der Waals surface area contributed by atoms with Gasteiger partial charge >= 0.3 is 0 Å². The van der Waals surface area contributed by atoms with Gasteiger partial charge in [0, 0.05) is 37.3 Å².